The van der Waals surface area contributed by atoms with E-state index in [2.05, 4.69) is 0 Å². The van der Waals surface area contributed by atoms with Crippen LogP contribution in [0.5, 0.6) is 0 Å². The number of rotatable bonds is 6. The summed E-state index contributed by atoms with van der Waals surface area (Å²) in [6.45, 7) is 1.49. The van der Waals surface area contributed by atoms with Crippen molar-refractivity contribution >= 4 is 0 Å². The van der Waals surface area contributed by atoms with E-state index in [1.807, 2.05) is 0 Å². The summed E-state index contributed by atoms with van der Waals surface area (Å²) < 4.78 is 9.85. The van der Waals surface area contributed by atoms with Crippen LogP contribution in [0.4, 0.5) is 0 Å². The molecule has 3 heteroatoms. The van der Waals surface area contributed by atoms with Gasteiger partial charge in [-0.1, -0.05) is 0 Å². The van der Waals surface area contributed by atoms with Gasteiger partial charge in [-0.15, -0.1) is 0 Å². The average Bonchev–Trinajstić information content (AvgIpc) is 2.77. The first-order valence-corrected chi connectivity index (χ1v) is 4.06. The van der Waals surface area contributed by atoms with Gasteiger partial charge in [0.25, 0.3) is 0 Å². The Morgan fingerprint density at radius 3 is 2.82 bits per heavy atom. The molecule has 0 radical (unpaired) electrons. The highest BCUT2D eigenvalue weighted by molar-refractivity contribution is 4.84. The molecular formula is C8H16O3. The van der Waals surface area contributed by atoms with Gasteiger partial charge < -0.3 is 14.6 Å². The fraction of sp³-hybridized carbons (Fsp3) is 1.00. The predicted octanol–water partition coefficient (Wildman–Crippen LogP) is 0.625. The molecule has 0 heterocycles. The third kappa shape index (κ3) is 3.18. The Labute approximate surface area is 67.3 Å². The lowest BCUT2D eigenvalue weighted by Crippen LogP contribution is -2.00. The highest BCUT2D eigenvalue weighted by Gasteiger charge is 2.35. The van der Waals surface area contributed by atoms with Gasteiger partial charge in [-0.2, -0.15) is 0 Å². The lowest BCUT2D eigenvalue weighted by atomic mass is 10.2. The number of methoxy groups -OCH3 is 1. The van der Waals surface area contributed by atoms with Gasteiger partial charge in [0, 0.05) is 20.3 Å². The monoisotopic (exact) mass is 160 g/mol. The molecule has 66 valence electrons. The average molecular weight is 160 g/mol. The van der Waals surface area contributed by atoms with E-state index >= 15 is 0 Å². The summed E-state index contributed by atoms with van der Waals surface area (Å²) in [5.41, 5.74) is 0. The minimum atomic E-state index is 0.342. The first-order chi connectivity index (χ1) is 5.38. The lowest BCUT2D eigenvalue weighted by molar-refractivity contribution is -0.0326. The van der Waals surface area contributed by atoms with Crippen LogP contribution in [0, 0.1) is 11.8 Å². The molecule has 1 saturated carbocycles. The van der Waals surface area contributed by atoms with Gasteiger partial charge in [-0.05, 0) is 24.7 Å². The standard InChI is InChI=1S/C8H16O3/c1-10-6-11-3-2-7-4-8(7)5-9/h7-9H,2-6H2,1H3/t7-,8-/m1/s1. The summed E-state index contributed by atoms with van der Waals surface area (Å²) >= 11 is 0. The molecule has 0 aliphatic heterocycles. The van der Waals surface area contributed by atoms with Crippen molar-refractivity contribution in [2.45, 2.75) is 12.8 Å². The Kier molecular flexibility index (Phi) is 3.83. The summed E-state index contributed by atoms with van der Waals surface area (Å²) in [6.07, 6.45) is 2.24. The van der Waals surface area contributed by atoms with Crippen LogP contribution in [0.3, 0.4) is 0 Å². The molecule has 0 amide bonds. The molecule has 0 aromatic carbocycles. The lowest BCUT2D eigenvalue weighted by Gasteiger charge is -2.00. The van der Waals surface area contributed by atoms with Crippen molar-refractivity contribution < 1.29 is 14.6 Å². The number of hydrogen-bond acceptors (Lipinski definition) is 3. The first-order valence-electron chi connectivity index (χ1n) is 4.06. The molecule has 3 nitrogen and oxygen atoms in total. The fourth-order valence-electron chi connectivity index (χ4n) is 1.26. The highest BCUT2D eigenvalue weighted by atomic mass is 16.7. The number of hydrogen-bond donors (Lipinski definition) is 1. The number of aliphatic hydroxyl groups is 1. The molecule has 11 heavy (non-hydrogen) atoms. The van der Waals surface area contributed by atoms with Crippen molar-refractivity contribution in [2.24, 2.45) is 11.8 Å². The van der Waals surface area contributed by atoms with Crippen molar-refractivity contribution in [3.8, 4) is 0 Å². The molecule has 0 unspecified atom stereocenters. The molecule has 1 fully saturated rings. The molecular weight excluding hydrogens is 144 g/mol. The summed E-state index contributed by atoms with van der Waals surface area (Å²) in [7, 11) is 1.62. The molecule has 0 saturated heterocycles. The third-order valence-electron chi connectivity index (χ3n) is 2.14. The fourth-order valence-corrected chi connectivity index (χ4v) is 1.26. The van der Waals surface area contributed by atoms with Gasteiger partial charge >= 0.3 is 0 Å². The minimum absolute atomic E-state index is 0.342. The molecule has 0 bridgehead atoms. The van der Waals surface area contributed by atoms with Crippen LogP contribution in [0.15, 0.2) is 0 Å². The molecule has 0 spiro atoms. The molecule has 1 aliphatic rings. The summed E-state index contributed by atoms with van der Waals surface area (Å²) in [5.74, 6) is 1.26. The second kappa shape index (κ2) is 4.70. The molecule has 1 aliphatic carbocycles. The minimum Gasteiger partial charge on any atom is -0.396 e. The van der Waals surface area contributed by atoms with Crippen LogP contribution in [-0.4, -0.2) is 32.2 Å². The van der Waals surface area contributed by atoms with Gasteiger partial charge in [0.05, 0.1) is 0 Å². The summed E-state index contributed by atoms with van der Waals surface area (Å²) in [5, 5.41) is 8.71. The van der Waals surface area contributed by atoms with E-state index in [1.54, 1.807) is 7.11 Å². The summed E-state index contributed by atoms with van der Waals surface area (Å²) in [4.78, 5) is 0. The predicted molar refractivity (Wildman–Crippen MR) is 41.1 cm³/mol. The van der Waals surface area contributed by atoms with Gasteiger partial charge in [-0.3, -0.25) is 0 Å². The highest BCUT2D eigenvalue weighted by Crippen LogP contribution is 2.40. The SMILES string of the molecule is COCOCC[C@@H]1C[C@@H]1CO. The smallest absolute Gasteiger partial charge is 0.146 e. The number of aliphatic hydroxyl groups excluding tert-OH is 1. The second-order valence-corrected chi connectivity index (χ2v) is 3.04. The Balaban J connectivity index is 1.82. The van der Waals surface area contributed by atoms with Crippen molar-refractivity contribution in [3.05, 3.63) is 0 Å². The summed E-state index contributed by atoms with van der Waals surface area (Å²) in [6, 6.07) is 0. The van der Waals surface area contributed by atoms with Gasteiger partial charge in [0.15, 0.2) is 0 Å². The molecule has 0 aromatic rings. The van der Waals surface area contributed by atoms with E-state index in [-0.39, 0.29) is 0 Å². The zero-order chi connectivity index (χ0) is 8.10. The second-order valence-electron chi connectivity index (χ2n) is 3.04. The topological polar surface area (TPSA) is 38.7 Å². The van der Waals surface area contributed by atoms with Crippen molar-refractivity contribution in [1.82, 2.24) is 0 Å². The van der Waals surface area contributed by atoms with E-state index in [0.29, 0.717) is 25.2 Å². The van der Waals surface area contributed by atoms with Gasteiger partial charge in [0.2, 0.25) is 0 Å². The number of ether oxygens (including phenoxy) is 2. The molecule has 2 atom stereocenters. The molecule has 1 rings (SSSR count). The largest absolute Gasteiger partial charge is 0.396 e. The van der Waals surface area contributed by atoms with Crippen LogP contribution < -0.4 is 0 Å². The van der Waals surface area contributed by atoms with Gasteiger partial charge in [0.1, 0.15) is 6.79 Å². The van der Waals surface area contributed by atoms with Crippen molar-refractivity contribution in [3.63, 3.8) is 0 Å². The molecule has 1 N–H and O–H groups in total. The maximum atomic E-state index is 8.71. The maximum absolute atomic E-state index is 8.71. The normalized spacial score (nSPS) is 28.9. The van der Waals surface area contributed by atoms with E-state index in [0.717, 1.165) is 13.0 Å². The van der Waals surface area contributed by atoms with Crippen LogP contribution in [0.1, 0.15) is 12.8 Å². The Hall–Kier alpha value is -0.120. The van der Waals surface area contributed by atoms with E-state index in [4.69, 9.17) is 14.6 Å². The Morgan fingerprint density at radius 2 is 2.27 bits per heavy atom. The van der Waals surface area contributed by atoms with Crippen LogP contribution in [-0.2, 0) is 9.47 Å². The Morgan fingerprint density at radius 1 is 1.45 bits per heavy atom. The first kappa shape index (κ1) is 8.97. The van der Waals surface area contributed by atoms with E-state index in [1.165, 1.54) is 6.42 Å². The molecule has 0 aromatic heterocycles. The van der Waals surface area contributed by atoms with Gasteiger partial charge in [-0.25, -0.2) is 0 Å². The maximum Gasteiger partial charge on any atom is 0.146 e. The van der Waals surface area contributed by atoms with E-state index in [9.17, 15) is 0 Å². The third-order valence-corrected chi connectivity index (χ3v) is 2.14. The van der Waals surface area contributed by atoms with Crippen LogP contribution in [0.2, 0.25) is 0 Å². The van der Waals surface area contributed by atoms with Crippen molar-refractivity contribution in [1.29, 1.82) is 0 Å². The zero-order valence-corrected chi connectivity index (χ0v) is 6.95. The van der Waals surface area contributed by atoms with Crippen molar-refractivity contribution in [2.75, 3.05) is 27.1 Å². The van der Waals surface area contributed by atoms with Crippen LogP contribution >= 0.6 is 0 Å². The van der Waals surface area contributed by atoms with E-state index < -0.39 is 0 Å². The van der Waals surface area contributed by atoms with Crippen LogP contribution in [0.25, 0.3) is 0 Å². The zero-order valence-electron chi connectivity index (χ0n) is 6.95. The Bertz CT molecular complexity index is 106. The quantitative estimate of drug-likeness (QED) is 0.457.